The third kappa shape index (κ3) is 2.16. The van der Waals surface area contributed by atoms with Crippen molar-refractivity contribution < 1.29 is 28.7 Å². The topological polar surface area (TPSA) is 86.7 Å². The summed E-state index contributed by atoms with van der Waals surface area (Å²) < 4.78 is 8.60. The van der Waals surface area contributed by atoms with E-state index in [2.05, 4.69) is 9.47 Å². The lowest BCUT2D eigenvalue weighted by atomic mass is 9.96. The molecule has 0 aliphatic heterocycles. The van der Waals surface area contributed by atoms with Gasteiger partial charge in [0.05, 0.1) is 14.2 Å². The Balaban J connectivity index is 3.41. The average molecular weight is 293 g/mol. The van der Waals surface area contributed by atoms with Crippen molar-refractivity contribution in [1.82, 2.24) is 0 Å². The zero-order valence-electron chi connectivity index (χ0n) is 9.21. The summed E-state index contributed by atoms with van der Waals surface area (Å²) in [6.07, 6.45) is 0. The minimum atomic E-state index is -1.11. The Morgan fingerprint density at radius 2 is 1.11 bits per heavy atom. The fourth-order valence-corrected chi connectivity index (χ4v) is 1.73. The largest absolute Gasteiger partial charge is 0.465 e. The summed E-state index contributed by atoms with van der Waals surface area (Å²) in [7, 11) is 2.01. The summed E-state index contributed by atoms with van der Waals surface area (Å²) in [5, 5.41) is -1.45. The number of hydrogen-bond acceptors (Lipinski definition) is 6. The van der Waals surface area contributed by atoms with E-state index in [-0.39, 0.29) is 0 Å². The van der Waals surface area contributed by atoms with Crippen LogP contribution in [0, 0.1) is 0 Å². The molecule has 0 bridgehead atoms. The highest BCUT2D eigenvalue weighted by molar-refractivity contribution is 6.61. The van der Waals surface area contributed by atoms with Crippen molar-refractivity contribution in [2.24, 2.45) is 0 Å². The number of methoxy groups -OCH3 is 2. The number of hydrogen-bond donors (Lipinski definition) is 0. The van der Waals surface area contributed by atoms with Crippen molar-refractivity contribution in [3.8, 4) is 0 Å². The minimum Gasteiger partial charge on any atom is -0.465 e. The number of carbonyl (C=O) groups is 4. The summed E-state index contributed by atoms with van der Waals surface area (Å²) in [6, 6.07) is 0. The fourth-order valence-electron chi connectivity index (χ4n) is 1.21. The highest BCUT2D eigenvalue weighted by Crippen LogP contribution is 2.30. The second kappa shape index (κ2) is 5.32. The van der Waals surface area contributed by atoms with E-state index >= 15 is 0 Å². The van der Waals surface area contributed by atoms with Crippen molar-refractivity contribution in [1.29, 1.82) is 0 Å². The van der Waals surface area contributed by atoms with Gasteiger partial charge in [0, 0.05) is 0 Å². The predicted octanol–water partition coefficient (Wildman–Crippen LogP) is 0.470. The van der Waals surface area contributed by atoms with Gasteiger partial charge in [-0.05, 0) is 0 Å². The Morgan fingerprint density at radius 1 is 0.833 bits per heavy atom. The van der Waals surface area contributed by atoms with Gasteiger partial charge in [0.25, 0.3) is 0 Å². The normalized spacial score (nSPS) is 16.0. The molecular formula is C10H6Cl2O6. The number of esters is 2. The SMILES string of the molecule is COC(=O)C1=C(Cl)C(=O)C(C(=O)OC)=C(Cl)C1=O. The lowest BCUT2D eigenvalue weighted by Crippen LogP contribution is -2.29. The Hall–Kier alpha value is -1.66. The van der Waals surface area contributed by atoms with Gasteiger partial charge in [0.2, 0.25) is 11.6 Å². The Labute approximate surface area is 111 Å². The molecule has 0 heterocycles. The van der Waals surface area contributed by atoms with Crippen molar-refractivity contribution in [3.63, 3.8) is 0 Å². The molecule has 0 unspecified atom stereocenters. The number of ketones is 2. The van der Waals surface area contributed by atoms with Crippen LogP contribution in [0.2, 0.25) is 0 Å². The smallest absolute Gasteiger partial charge is 0.343 e. The molecule has 0 saturated heterocycles. The molecule has 6 nitrogen and oxygen atoms in total. The van der Waals surface area contributed by atoms with Crippen LogP contribution in [0.4, 0.5) is 0 Å². The van der Waals surface area contributed by atoms with Crippen LogP contribution in [0.5, 0.6) is 0 Å². The monoisotopic (exact) mass is 292 g/mol. The van der Waals surface area contributed by atoms with Gasteiger partial charge in [-0.3, -0.25) is 9.59 Å². The summed E-state index contributed by atoms with van der Waals surface area (Å²) in [4.78, 5) is 46.0. The molecule has 1 rings (SSSR count). The summed E-state index contributed by atoms with van der Waals surface area (Å²) in [5.41, 5.74) is -1.41. The van der Waals surface area contributed by atoms with Gasteiger partial charge in [-0.2, -0.15) is 0 Å². The van der Waals surface area contributed by atoms with E-state index in [1.54, 1.807) is 0 Å². The maximum absolute atomic E-state index is 11.7. The number of Topliss-reactive ketones (excluding diaryl/α,β-unsaturated/α-hetero) is 2. The second-order valence-electron chi connectivity index (χ2n) is 3.02. The number of halogens is 2. The molecule has 96 valence electrons. The molecule has 8 heteroatoms. The van der Waals surface area contributed by atoms with E-state index < -0.39 is 44.7 Å². The molecule has 0 aromatic heterocycles. The lowest BCUT2D eigenvalue weighted by molar-refractivity contribution is -0.140. The van der Waals surface area contributed by atoms with Crippen LogP contribution in [-0.2, 0) is 28.7 Å². The van der Waals surface area contributed by atoms with Crippen molar-refractivity contribution >= 4 is 46.7 Å². The number of ether oxygens (including phenoxy) is 2. The fraction of sp³-hybridized carbons (Fsp3) is 0.200. The van der Waals surface area contributed by atoms with Crippen molar-refractivity contribution in [3.05, 3.63) is 21.2 Å². The molecule has 1 aliphatic carbocycles. The molecule has 1 aliphatic rings. The van der Waals surface area contributed by atoms with Crippen LogP contribution in [0.3, 0.4) is 0 Å². The van der Waals surface area contributed by atoms with Gasteiger partial charge in [-0.25, -0.2) is 9.59 Å². The van der Waals surface area contributed by atoms with Gasteiger partial charge < -0.3 is 9.47 Å². The van der Waals surface area contributed by atoms with Crippen LogP contribution >= 0.6 is 23.2 Å². The average Bonchev–Trinajstić information content (AvgIpc) is 2.36. The molecule has 0 saturated carbocycles. The van der Waals surface area contributed by atoms with Crippen LogP contribution in [0.25, 0.3) is 0 Å². The third-order valence-corrected chi connectivity index (χ3v) is 2.79. The maximum Gasteiger partial charge on any atom is 0.343 e. The molecule has 0 fully saturated rings. The number of rotatable bonds is 2. The molecule has 0 aromatic rings. The Morgan fingerprint density at radius 3 is 1.33 bits per heavy atom. The van der Waals surface area contributed by atoms with Gasteiger partial charge >= 0.3 is 11.9 Å². The van der Waals surface area contributed by atoms with E-state index in [1.807, 2.05) is 0 Å². The number of carbonyl (C=O) groups excluding carboxylic acids is 4. The summed E-state index contributed by atoms with van der Waals surface area (Å²) in [5.74, 6) is -4.34. The van der Waals surface area contributed by atoms with E-state index in [9.17, 15) is 19.2 Å². The van der Waals surface area contributed by atoms with Crippen molar-refractivity contribution in [2.75, 3.05) is 14.2 Å². The molecule has 0 atom stereocenters. The first-order valence-electron chi connectivity index (χ1n) is 4.42. The Kier molecular flexibility index (Phi) is 4.26. The summed E-state index contributed by atoms with van der Waals surface area (Å²) >= 11 is 11.1. The van der Waals surface area contributed by atoms with Crippen LogP contribution < -0.4 is 0 Å². The lowest BCUT2D eigenvalue weighted by Gasteiger charge is -2.14. The van der Waals surface area contributed by atoms with Crippen molar-refractivity contribution in [2.45, 2.75) is 0 Å². The summed E-state index contributed by atoms with van der Waals surface area (Å²) in [6.45, 7) is 0. The molecule has 0 aromatic carbocycles. The highest BCUT2D eigenvalue weighted by Gasteiger charge is 2.40. The molecule has 0 spiro atoms. The predicted molar refractivity (Wildman–Crippen MR) is 59.8 cm³/mol. The molecular weight excluding hydrogens is 287 g/mol. The van der Waals surface area contributed by atoms with Gasteiger partial charge in [-0.1, -0.05) is 23.2 Å². The van der Waals surface area contributed by atoms with E-state index in [1.165, 1.54) is 0 Å². The minimum absolute atomic E-state index is 0.707. The molecule has 18 heavy (non-hydrogen) atoms. The quantitative estimate of drug-likeness (QED) is 0.418. The molecule has 0 N–H and O–H groups in total. The Bertz CT molecular complexity index is 480. The van der Waals surface area contributed by atoms with E-state index in [0.717, 1.165) is 14.2 Å². The third-order valence-electron chi connectivity index (χ3n) is 2.07. The van der Waals surface area contributed by atoms with Crippen LogP contribution in [0.1, 0.15) is 0 Å². The standard InChI is InChI=1S/C10H6Cl2O6/c1-17-9(15)3-5(11)8(14)4(10(16)18-2)6(12)7(3)13/h1-2H3. The van der Waals surface area contributed by atoms with Crippen LogP contribution in [0.15, 0.2) is 21.2 Å². The first-order chi connectivity index (χ1) is 8.36. The maximum atomic E-state index is 11.7. The van der Waals surface area contributed by atoms with E-state index in [4.69, 9.17) is 23.2 Å². The number of allylic oxidation sites excluding steroid dienone is 2. The first kappa shape index (κ1) is 14.4. The zero-order valence-corrected chi connectivity index (χ0v) is 10.7. The first-order valence-corrected chi connectivity index (χ1v) is 5.18. The van der Waals surface area contributed by atoms with Gasteiger partial charge in [-0.15, -0.1) is 0 Å². The second-order valence-corrected chi connectivity index (χ2v) is 3.78. The van der Waals surface area contributed by atoms with E-state index in [0.29, 0.717) is 0 Å². The molecule has 0 radical (unpaired) electrons. The zero-order chi connectivity index (χ0) is 14.0. The van der Waals surface area contributed by atoms with Gasteiger partial charge in [0.1, 0.15) is 21.2 Å². The van der Waals surface area contributed by atoms with Crippen LogP contribution in [-0.4, -0.2) is 37.7 Å². The molecule has 0 amide bonds. The highest BCUT2D eigenvalue weighted by atomic mass is 35.5. The van der Waals surface area contributed by atoms with Gasteiger partial charge in [0.15, 0.2) is 0 Å².